The van der Waals surface area contributed by atoms with Crippen LogP contribution in [0.15, 0.2) is 55.0 Å². The maximum Gasteiger partial charge on any atom is 0.442 e. The number of rotatable bonds is 4. The van der Waals surface area contributed by atoms with E-state index in [1.54, 1.807) is 37.5 Å². The number of aromatic nitrogens is 5. The fraction of sp³-hybridized carbons (Fsp3) is 0.133. The number of aryl methyl sites for hydroxylation is 1. The van der Waals surface area contributed by atoms with Gasteiger partial charge < -0.3 is 8.83 Å². The predicted molar refractivity (Wildman–Crippen MR) is 79.8 cm³/mol. The molecule has 24 heavy (non-hydrogen) atoms. The van der Waals surface area contributed by atoms with Crippen molar-refractivity contribution in [3.63, 3.8) is 0 Å². The molecule has 0 N–H and O–H groups in total. The molecule has 0 saturated carbocycles. The summed E-state index contributed by atoms with van der Waals surface area (Å²) in [6, 6.07) is 5.15. The summed E-state index contributed by atoms with van der Waals surface area (Å²) < 4.78 is 16.9. The molecule has 120 valence electrons. The van der Waals surface area contributed by atoms with E-state index in [9.17, 15) is 4.79 Å². The van der Waals surface area contributed by atoms with E-state index in [1.807, 2.05) is 0 Å². The highest BCUT2D eigenvalue weighted by Crippen LogP contribution is 2.23. The first-order valence-corrected chi connectivity index (χ1v) is 7.06. The number of hydrogen-bond donors (Lipinski definition) is 0. The summed E-state index contributed by atoms with van der Waals surface area (Å²) in [7, 11) is 0. The number of nitrogens with zero attached hydrogens (tertiary/aromatic N) is 5. The van der Waals surface area contributed by atoms with Crippen molar-refractivity contribution in [2.24, 2.45) is 0 Å². The van der Waals surface area contributed by atoms with Crippen molar-refractivity contribution in [1.29, 1.82) is 0 Å². The Labute approximate surface area is 134 Å². The second kappa shape index (κ2) is 5.61. The third-order valence-corrected chi connectivity index (χ3v) is 3.38. The van der Waals surface area contributed by atoms with E-state index in [4.69, 9.17) is 13.4 Å². The van der Waals surface area contributed by atoms with Crippen LogP contribution in [0, 0.1) is 6.92 Å². The van der Waals surface area contributed by atoms with Crippen molar-refractivity contribution in [2.45, 2.75) is 13.5 Å². The average molecular weight is 325 g/mol. The molecule has 0 atom stereocenters. The van der Waals surface area contributed by atoms with Crippen LogP contribution in [0.1, 0.15) is 11.5 Å². The molecule has 0 fully saturated rings. The molecule has 0 aliphatic rings. The first-order valence-electron chi connectivity index (χ1n) is 7.06. The monoisotopic (exact) mass is 325 g/mol. The zero-order valence-corrected chi connectivity index (χ0v) is 12.5. The maximum absolute atomic E-state index is 12.0. The third-order valence-electron chi connectivity index (χ3n) is 3.38. The lowest BCUT2D eigenvalue weighted by atomic mass is 10.3. The molecule has 4 rings (SSSR count). The van der Waals surface area contributed by atoms with Crippen molar-refractivity contribution >= 4 is 0 Å². The van der Waals surface area contributed by atoms with Crippen LogP contribution in [-0.2, 0) is 6.54 Å². The van der Waals surface area contributed by atoms with Gasteiger partial charge in [-0.25, -0.2) is 24.3 Å². The van der Waals surface area contributed by atoms with E-state index in [0.29, 0.717) is 23.1 Å². The smallest absolute Gasteiger partial charge is 0.442 e. The third kappa shape index (κ3) is 2.41. The van der Waals surface area contributed by atoms with Crippen LogP contribution in [0.2, 0.25) is 0 Å². The molecule has 0 aliphatic carbocycles. The molecule has 0 aromatic carbocycles. The van der Waals surface area contributed by atoms with Gasteiger partial charge in [-0.1, -0.05) is 5.16 Å². The Morgan fingerprint density at radius 3 is 2.79 bits per heavy atom. The lowest BCUT2D eigenvalue weighted by Gasteiger charge is -2.01. The van der Waals surface area contributed by atoms with Gasteiger partial charge in [-0.2, -0.15) is 0 Å². The second-order valence-corrected chi connectivity index (χ2v) is 4.93. The van der Waals surface area contributed by atoms with Gasteiger partial charge in [0.25, 0.3) is 5.89 Å². The summed E-state index contributed by atoms with van der Waals surface area (Å²) in [4.78, 5) is 24.5. The van der Waals surface area contributed by atoms with Gasteiger partial charge in [0.2, 0.25) is 5.82 Å². The molecule has 9 heteroatoms. The van der Waals surface area contributed by atoms with Crippen molar-refractivity contribution in [3.05, 3.63) is 58.9 Å². The van der Waals surface area contributed by atoms with E-state index in [1.165, 1.54) is 10.8 Å². The molecule has 0 spiro atoms. The molecule has 9 nitrogen and oxygen atoms in total. The van der Waals surface area contributed by atoms with Gasteiger partial charge >= 0.3 is 5.76 Å². The van der Waals surface area contributed by atoms with Crippen LogP contribution < -0.4 is 5.76 Å². The van der Waals surface area contributed by atoms with Gasteiger partial charge in [0.15, 0.2) is 11.6 Å². The zero-order chi connectivity index (χ0) is 16.5. The Kier molecular flexibility index (Phi) is 3.30. The Morgan fingerprint density at radius 2 is 2.04 bits per heavy atom. The first kappa shape index (κ1) is 14.1. The minimum absolute atomic E-state index is 0.117. The number of furan rings is 1. The highest BCUT2D eigenvalue weighted by Gasteiger charge is 2.19. The summed E-state index contributed by atoms with van der Waals surface area (Å²) >= 11 is 0. The van der Waals surface area contributed by atoms with Crippen molar-refractivity contribution in [3.8, 4) is 23.3 Å². The number of hydrogen-bond acceptors (Lipinski definition) is 8. The average Bonchev–Trinajstić information content (AvgIpc) is 3.31. The summed E-state index contributed by atoms with van der Waals surface area (Å²) in [5.74, 6) is 1.30. The Morgan fingerprint density at radius 1 is 1.21 bits per heavy atom. The maximum atomic E-state index is 12.0. The van der Waals surface area contributed by atoms with Crippen LogP contribution in [0.4, 0.5) is 0 Å². The summed E-state index contributed by atoms with van der Waals surface area (Å²) in [5.41, 5.74) is 0.559. The zero-order valence-electron chi connectivity index (χ0n) is 12.5. The van der Waals surface area contributed by atoms with Crippen molar-refractivity contribution in [2.75, 3.05) is 0 Å². The first-order chi connectivity index (χ1) is 11.7. The van der Waals surface area contributed by atoms with Crippen molar-refractivity contribution in [1.82, 2.24) is 24.7 Å². The standard InChI is InChI=1S/C15H11N5O4/c1-9-10(18-14(23-9)11-4-2-7-22-11)8-20-13(19-24-15(20)21)12-16-5-3-6-17-12/h2-7H,8H2,1H3. The topological polar surface area (TPSA) is 113 Å². The minimum Gasteiger partial charge on any atom is -0.459 e. The van der Waals surface area contributed by atoms with Gasteiger partial charge in [-0.3, -0.25) is 4.52 Å². The summed E-state index contributed by atoms with van der Waals surface area (Å²) in [6.45, 7) is 1.87. The van der Waals surface area contributed by atoms with Gasteiger partial charge in [0.1, 0.15) is 11.5 Å². The highest BCUT2D eigenvalue weighted by atomic mass is 16.5. The molecule has 0 bridgehead atoms. The normalized spacial score (nSPS) is 11.0. The molecular weight excluding hydrogens is 314 g/mol. The molecular formula is C15H11N5O4. The molecule has 4 aromatic heterocycles. The molecule has 0 radical (unpaired) electrons. The Hall–Kier alpha value is -3.49. The van der Waals surface area contributed by atoms with Crippen LogP contribution in [0.5, 0.6) is 0 Å². The summed E-state index contributed by atoms with van der Waals surface area (Å²) in [5, 5.41) is 3.74. The fourth-order valence-electron chi connectivity index (χ4n) is 2.21. The quantitative estimate of drug-likeness (QED) is 0.559. The highest BCUT2D eigenvalue weighted by molar-refractivity contribution is 5.45. The Bertz CT molecular complexity index is 1010. The van der Waals surface area contributed by atoms with Gasteiger partial charge in [-0.15, -0.1) is 0 Å². The Balaban J connectivity index is 1.72. The molecule has 4 aromatic rings. The van der Waals surface area contributed by atoms with E-state index in [-0.39, 0.29) is 18.2 Å². The number of oxazole rings is 1. The van der Waals surface area contributed by atoms with Gasteiger partial charge in [-0.05, 0) is 25.1 Å². The molecule has 0 amide bonds. The molecule has 0 unspecified atom stereocenters. The SMILES string of the molecule is Cc1oc(-c2ccco2)nc1Cn1c(-c2ncccn2)noc1=O. The van der Waals surface area contributed by atoms with Crippen LogP contribution in [-0.4, -0.2) is 24.7 Å². The largest absolute Gasteiger partial charge is 0.459 e. The van der Waals surface area contributed by atoms with E-state index < -0.39 is 5.76 Å². The summed E-state index contributed by atoms with van der Waals surface area (Å²) in [6.07, 6.45) is 4.65. The lowest BCUT2D eigenvalue weighted by Crippen LogP contribution is -2.17. The lowest BCUT2D eigenvalue weighted by molar-refractivity contribution is 0.377. The predicted octanol–water partition coefficient (Wildman–Crippen LogP) is 1.90. The van der Waals surface area contributed by atoms with Gasteiger partial charge in [0.05, 0.1) is 12.8 Å². The fourth-order valence-corrected chi connectivity index (χ4v) is 2.21. The van der Waals surface area contributed by atoms with Crippen LogP contribution in [0.3, 0.4) is 0 Å². The van der Waals surface area contributed by atoms with Crippen LogP contribution in [0.25, 0.3) is 23.3 Å². The van der Waals surface area contributed by atoms with E-state index in [0.717, 1.165) is 0 Å². The van der Waals surface area contributed by atoms with E-state index in [2.05, 4.69) is 20.1 Å². The molecule has 0 aliphatic heterocycles. The van der Waals surface area contributed by atoms with Crippen LogP contribution >= 0.6 is 0 Å². The molecule has 4 heterocycles. The van der Waals surface area contributed by atoms with Crippen molar-refractivity contribution < 1.29 is 13.4 Å². The second-order valence-electron chi connectivity index (χ2n) is 4.93. The minimum atomic E-state index is -0.626. The van der Waals surface area contributed by atoms with E-state index >= 15 is 0 Å². The van der Waals surface area contributed by atoms with Gasteiger partial charge in [0, 0.05) is 12.4 Å². The molecule has 0 saturated heterocycles.